The highest BCUT2D eigenvalue weighted by Gasteiger charge is 2.24. The molecule has 0 radical (unpaired) electrons. The minimum absolute atomic E-state index is 0.0557. The second kappa shape index (κ2) is 8.62. The van der Waals surface area contributed by atoms with Crippen LogP contribution in [-0.2, 0) is 4.74 Å². The van der Waals surface area contributed by atoms with Gasteiger partial charge in [-0.2, -0.15) is 0 Å². The van der Waals surface area contributed by atoms with Crippen LogP contribution in [0.1, 0.15) is 32.0 Å². The Hall–Kier alpha value is -1.96. The Morgan fingerprint density at radius 3 is 2.58 bits per heavy atom. The molecule has 1 aliphatic heterocycles. The highest BCUT2D eigenvalue weighted by molar-refractivity contribution is 7.13. The van der Waals surface area contributed by atoms with Gasteiger partial charge in [-0.15, -0.1) is 11.3 Å². The number of rotatable bonds is 6. The zero-order valence-corrected chi connectivity index (χ0v) is 16.3. The number of carbonyl (C=O) groups is 1. The fourth-order valence-electron chi connectivity index (χ4n) is 3.18. The van der Waals surface area contributed by atoms with Gasteiger partial charge in [-0.05, 0) is 31.5 Å². The van der Waals surface area contributed by atoms with Gasteiger partial charge in [-0.1, -0.05) is 12.1 Å². The van der Waals surface area contributed by atoms with Crippen molar-refractivity contribution in [1.29, 1.82) is 0 Å². The summed E-state index contributed by atoms with van der Waals surface area (Å²) < 4.78 is 10.7. The number of hydrogen-bond donors (Lipinski definition) is 1. The van der Waals surface area contributed by atoms with E-state index in [1.54, 1.807) is 7.11 Å². The molecule has 6 nitrogen and oxygen atoms in total. The number of carbonyl (C=O) groups excluding carboxylic acids is 1. The number of amides is 1. The SMILES string of the molecule is COc1ccc(C(CNC(=O)c2sc(C)nc2C)N2CCOCC2)cc1. The maximum atomic E-state index is 12.6. The number of morpholine rings is 1. The van der Waals surface area contributed by atoms with Gasteiger partial charge in [0.15, 0.2) is 0 Å². The Morgan fingerprint density at radius 1 is 1.31 bits per heavy atom. The van der Waals surface area contributed by atoms with E-state index in [0.29, 0.717) is 24.6 Å². The molecule has 2 heterocycles. The first-order chi connectivity index (χ1) is 12.6. The van der Waals surface area contributed by atoms with E-state index in [-0.39, 0.29) is 11.9 Å². The van der Waals surface area contributed by atoms with Gasteiger partial charge < -0.3 is 14.8 Å². The molecule has 1 aliphatic rings. The summed E-state index contributed by atoms with van der Waals surface area (Å²) in [7, 11) is 1.66. The lowest BCUT2D eigenvalue weighted by Crippen LogP contribution is -2.43. The fourth-order valence-corrected chi connectivity index (χ4v) is 4.02. The fraction of sp³-hybridized carbons (Fsp3) is 0.474. The van der Waals surface area contributed by atoms with Crippen LogP contribution in [0.25, 0.3) is 0 Å². The molecule has 0 saturated carbocycles. The second-order valence-electron chi connectivity index (χ2n) is 6.29. The largest absolute Gasteiger partial charge is 0.497 e. The molecular formula is C19H25N3O3S. The first-order valence-corrected chi connectivity index (χ1v) is 9.58. The molecule has 3 rings (SSSR count). The van der Waals surface area contributed by atoms with Crippen molar-refractivity contribution in [3.8, 4) is 5.75 Å². The number of ether oxygens (including phenoxy) is 2. The van der Waals surface area contributed by atoms with Crippen molar-refractivity contribution in [2.24, 2.45) is 0 Å². The maximum absolute atomic E-state index is 12.6. The van der Waals surface area contributed by atoms with Crippen LogP contribution in [0.4, 0.5) is 0 Å². The van der Waals surface area contributed by atoms with Gasteiger partial charge in [0.25, 0.3) is 5.91 Å². The molecule has 1 aromatic carbocycles. The molecule has 1 atom stereocenters. The van der Waals surface area contributed by atoms with Gasteiger partial charge in [-0.3, -0.25) is 9.69 Å². The number of benzene rings is 1. The number of nitrogens with one attached hydrogen (secondary N) is 1. The lowest BCUT2D eigenvalue weighted by molar-refractivity contribution is 0.0162. The molecule has 0 aliphatic carbocycles. The first kappa shape index (κ1) is 18.8. The van der Waals surface area contributed by atoms with E-state index in [4.69, 9.17) is 9.47 Å². The highest BCUT2D eigenvalue weighted by Crippen LogP contribution is 2.24. The molecule has 7 heteroatoms. The van der Waals surface area contributed by atoms with Crippen LogP contribution in [0, 0.1) is 13.8 Å². The molecule has 1 aromatic heterocycles. The van der Waals surface area contributed by atoms with Gasteiger partial charge in [0, 0.05) is 19.6 Å². The summed E-state index contributed by atoms with van der Waals surface area (Å²) >= 11 is 1.44. The second-order valence-corrected chi connectivity index (χ2v) is 7.50. The maximum Gasteiger partial charge on any atom is 0.263 e. The molecule has 1 fully saturated rings. The van der Waals surface area contributed by atoms with Crippen LogP contribution in [0.3, 0.4) is 0 Å². The van der Waals surface area contributed by atoms with E-state index < -0.39 is 0 Å². The molecule has 0 bridgehead atoms. The van der Waals surface area contributed by atoms with E-state index in [1.807, 2.05) is 26.0 Å². The third kappa shape index (κ3) is 4.41. The Labute approximate surface area is 158 Å². The molecule has 2 aromatic rings. The summed E-state index contributed by atoms with van der Waals surface area (Å²) in [4.78, 5) is 20.0. The van der Waals surface area contributed by atoms with Crippen molar-refractivity contribution < 1.29 is 14.3 Å². The van der Waals surface area contributed by atoms with E-state index in [1.165, 1.54) is 11.3 Å². The van der Waals surface area contributed by atoms with Crippen molar-refractivity contribution in [2.45, 2.75) is 19.9 Å². The molecule has 1 amide bonds. The molecule has 1 saturated heterocycles. The first-order valence-electron chi connectivity index (χ1n) is 8.76. The van der Waals surface area contributed by atoms with Crippen LogP contribution in [-0.4, -0.2) is 55.7 Å². The summed E-state index contributed by atoms with van der Waals surface area (Å²) in [5, 5.41) is 4.01. The standard InChI is InChI=1S/C19H25N3O3S/c1-13-18(26-14(2)21-13)19(23)20-12-17(22-8-10-25-11-9-22)15-4-6-16(24-3)7-5-15/h4-7,17H,8-12H2,1-3H3,(H,20,23). The van der Waals surface area contributed by atoms with Crippen LogP contribution in [0.15, 0.2) is 24.3 Å². The van der Waals surface area contributed by atoms with Gasteiger partial charge in [0.1, 0.15) is 10.6 Å². The third-order valence-electron chi connectivity index (χ3n) is 4.55. The Kier molecular flexibility index (Phi) is 6.24. The van der Waals surface area contributed by atoms with Crippen molar-refractivity contribution in [1.82, 2.24) is 15.2 Å². The van der Waals surface area contributed by atoms with E-state index in [0.717, 1.165) is 35.1 Å². The topological polar surface area (TPSA) is 63.7 Å². The molecular weight excluding hydrogens is 350 g/mol. The minimum atomic E-state index is -0.0557. The minimum Gasteiger partial charge on any atom is -0.497 e. The average molecular weight is 375 g/mol. The highest BCUT2D eigenvalue weighted by atomic mass is 32.1. The molecule has 1 unspecified atom stereocenters. The van der Waals surface area contributed by atoms with Crippen molar-refractivity contribution in [2.75, 3.05) is 40.0 Å². The summed E-state index contributed by atoms with van der Waals surface area (Å²) in [6.45, 7) is 7.48. The summed E-state index contributed by atoms with van der Waals surface area (Å²) in [6.07, 6.45) is 0. The zero-order valence-electron chi connectivity index (χ0n) is 15.4. The van der Waals surface area contributed by atoms with Crippen molar-refractivity contribution >= 4 is 17.2 Å². The normalized spacial score (nSPS) is 16.3. The summed E-state index contributed by atoms with van der Waals surface area (Å²) in [5.41, 5.74) is 1.95. The van der Waals surface area contributed by atoms with Gasteiger partial charge in [-0.25, -0.2) is 4.98 Å². The molecule has 1 N–H and O–H groups in total. The lowest BCUT2D eigenvalue weighted by Gasteiger charge is -2.35. The van der Waals surface area contributed by atoms with Crippen LogP contribution < -0.4 is 10.1 Å². The Bertz CT molecular complexity index is 739. The predicted molar refractivity (Wildman–Crippen MR) is 102 cm³/mol. The molecule has 0 spiro atoms. The monoisotopic (exact) mass is 375 g/mol. The number of aromatic nitrogens is 1. The quantitative estimate of drug-likeness (QED) is 0.841. The van der Waals surface area contributed by atoms with Crippen molar-refractivity contribution in [3.05, 3.63) is 45.4 Å². The lowest BCUT2D eigenvalue weighted by atomic mass is 10.0. The van der Waals surface area contributed by atoms with E-state index in [2.05, 4.69) is 27.3 Å². The van der Waals surface area contributed by atoms with Crippen molar-refractivity contribution in [3.63, 3.8) is 0 Å². The Morgan fingerprint density at radius 2 is 2.00 bits per heavy atom. The van der Waals surface area contributed by atoms with E-state index >= 15 is 0 Å². The van der Waals surface area contributed by atoms with Crippen LogP contribution in [0.2, 0.25) is 0 Å². The molecule has 140 valence electrons. The summed E-state index contributed by atoms with van der Waals surface area (Å²) in [6, 6.07) is 8.14. The smallest absolute Gasteiger partial charge is 0.263 e. The third-order valence-corrected chi connectivity index (χ3v) is 5.62. The number of nitrogens with zero attached hydrogens (tertiary/aromatic N) is 2. The molecule has 26 heavy (non-hydrogen) atoms. The Balaban J connectivity index is 1.74. The van der Waals surface area contributed by atoms with Gasteiger partial charge in [0.05, 0.1) is 37.1 Å². The summed E-state index contributed by atoms with van der Waals surface area (Å²) in [5.74, 6) is 0.772. The van der Waals surface area contributed by atoms with E-state index in [9.17, 15) is 4.79 Å². The van der Waals surface area contributed by atoms with Gasteiger partial charge in [0.2, 0.25) is 0 Å². The van der Waals surface area contributed by atoms with Crippen LogP contribution in [0.5, 0.6) is 5.75 Å². The number of thiazole rings is 1. The number of methoxy groups -OCH3 is 1. The predicted octanol–water partition coefficient (Wildman–Crippen LogP) is 2.57. The van der Waals surface area contributed by atoms with Crippen LogP contribution >= 0.6 is 11.3 Å². The number of aryl methyl sites for hydroxylation is 2. The average Bonchev–Trinajstić information content (AvgIpc) is 3.01. The zero-order chi connectivity index (χ0) is 18.5. The number of hydrogen-bond acceptors (Lipinski definition) is 6. The van der Waals surface area contributed by atoms with Gasteiger partial charge >= 0.3 is 0 Å².